The first-order chi connectivity index (χ1) is 7.91. The van der Waals surface area contributed by atoms with Crippen LogP contribution in [0.2, 0.25) is 0 Å². The lowest BCUT2D eigenvalue weighted by Crippen LogP contribution is -2.49. The Kier molecular flexibility index (Phi) is 6.71. The van der Waals surface area contributed by atoms with Gasteiger partial charge < -0.3 is 24.1 Å². The van der Waals surface area contributed by atoms with Crippen LogP contribution in [0.3, 0.4) is 0 Å². The van der Waals surface area contributed by atoms with E-state index in [9.17, 15) is 9.59 Å². The smallest absolute Gasteiger partial charge is 0.356 e. The van der Waals surface area contributed by atoms with Crippen molar-refractivity contribution >= 4 is 11.9 Å². The molecule has 100 valence electrons. The van der Waals surface area contributed by atoms with Gasteiger partial charge in [-0.1, -0.05) is 0 Å². The van der Waals surface area contributed by atoms with Gasteiger partial charge in [-0.05, 0) is 6.92 Å². The Labute approximate surface area is 99.6 Å². The maximum absolute atomic E-state index is 11.4. The van der Waals surface area contributed by atoms with E-state index in [2.05, 4.69) is 0 Å². The second kappa shape index (κ2) is 7.21. The van der Waals surface area contributed by atoms with E-state index in [1.807, 2.05) is 0 Å². The molecule has 7 nitrogen and oxygen atoms in total. The number of carbonyl (C=O) groups is 2. The summed E-state index contributed by atoms with van der Waals surface area (Å²) < 4.78 is 19.9. The summed E-state index contributed by atoms with van der Waals surface area (Å²) in [4.78, 5) is 21.7. The first-order valence-electron chi connectivity index (χ1n) is 4.98. The van der Waals surface area contributed by atoms with Crippen LogP contribution in [0.15, 0.2) is 0 Å². The van der Waals surface area contributed by atoms with Gasteiger partial charge in [-0.25, -0.2) is 0 Å². The fraction of sp³-hybridized carbons (Fsp3) is 0.800. The van der Waals surface area contributed by atoms with Crippen molar-refractivity contribution in [2.24, 2.45) is 0 Å². The Morgan fingerprint density at radius 1 is 1.18 bits per heavy atom. The minimum atomic E-state index is -1.66. The van der Waals surface area contributed by atoms with E-state index in [0.717, 1.165) is 0 Å². The fourth-order valence-corrected chi connectivity index (χ4v) is 1.14. The van der Waals surface area contributed by atoms with E-state index in [1.54, 1.807) is 6.92 Å². The van der Waals surface area contributed by atoms with Crippen molar-refractivity contribution in [1.82, 2.24) is 0 Å². The predicted molar refractivity (Wildman–Crippen MR) is 56.2 cm³/mol. The molecule has 0 aliphatic carbocycles. The molecule has 0 amide bonds. The van der Waals surface area contributed by atoms with E-state index >= 15 is 0 Å². The van der Waals surface area contributed by atoms with Crippen LogP contribution >= 0.6 is 0 Å². The van der Waals surface area contributed by atoms with Crippen LogP contribution in [0.1, 0.15) is 19.8 Å². The van der Waals surface area contributed by atoms with E-state index in [-0.39, 0.29) is 12.8 Å². The zero-order valence-electron chi connectivity index (χ0n) is 10.4. The summed E-state index contributed by atoms with van der Waals surface area (Å²) >= 11 is 0. The molecule has 0 aromatic rings. The van der Waals surface area contributed by atoms with Gasteiger partial charge in [-0.2, -0.15) is 0 Å². The number of aliphatic carboxylic acids is 1. The summed E-state index contributed by atoms with van der Waals surface area (Å²) in [6.07, 6.45) is -1.24. The molecule has 0 heterocycles. The third-order valence-corrected chi connectivity index (χ3v) is 2.22. The van der Waals surface area contributed by atoms with Gasteiger partial charge in [0.2, 0.25) is 0 Å². The molecule has 0 aliphatic rings. The first-order valence-corrected chi connectivity index (χ1v) is 4.98. The van der Waals surface area contributed by atoms with Crippen LogP contribution in [0.5, 0.6) is 0 Å². The molecular formula is C10H18O7. The van der Waals surface area contributed by atoms with Crippen LogP contribution in [0.4, 0.5) is 0 Å². The molecule has 0 bridgehead atoms. The van der Waals surface area contributed by atoms with Crippen LogP contribution in [-0.2, 0) is 28.5 Å². The van der Waals surface area contributed by atoms with Crippen molar-refractivity contribution in [3.05, 3.63) is 0 Å². The molecule has 0 rings (SSSR count). The van der Waals surface area contributed by atoms with Gasteiger partial charge in [-0.15, -0.1) is 0 Å². The number of hydrogen-bond donors (Lipinski definition) is 1. The summed E-state index contributed by atoms with van der Waals surface area (Å²) in [6.45, 7) is 1.59. The molecule has 0 aromatic heterocycles. The maximum atomic E-state index is 11.4. The van der Waals surface area contributed by atoms with Gasteiger partial charge in [0, 0.05) is 21.3 Å². The molecule has 0 aliphatic heterocycles. The van der Waals surface area contributed by atoms with E-state index < -0.39 is 24.0 Å². The van der Waals surface area contributed by atoms with Gasteiger partial charge in [0.1, 0.15) is 6.10 Å². The summed E-state index contributed by atoms with van der Waals surface area (Å²) in [7, 11) is 4.00. The van der Waals surface area contributed by atoms with Crippen molar-refractivity contribution in [3.8, 4) is 0 Å². The summed E-state index contributed by atoms with van der Waals surface area (Å²) in [5.74, 6) is -3.48. The first kappa shape index (κ1) is 15.8. The lowest BCUT2D eigenvalue weighted by Gasteiger charge is -2.33. The number of rotatable bonds is 8. The van der Waals surface area contributed by atoms with Gasteiger partial charge in [0.05, 0.1) is 12.8 Å². The minimum absolute atomic E-state index is 0.264. The van der Waals surface area contributed by atoms with Gasteiger partial charge >= 0.3 is 17.9 Å². The number of carboxylic acids is 1. The van der Waals surface area contributed by atoms with Crippen LogP contribution in [-0.4, -0.2) is 50.5 Å². The van der Waals surface area contributed by atoms with Gasteiger partial charge in [0.15, 0.2) is 0 Å². The molecule has 1 N–H and O–H groups in total. The number of hydrogen-bond acceptors (Lipinski definition) is 6. The highest BCUT2D eigenvalue weighted by Gasteiger charge is 2.41. The van der Waals surface area contributed by atoms with Crippen LogP contribution in [0, 0.1) is 0 Å². The second-order valence-electron chi connectivity index (χ2n) is 3.26. The maximum Gasteiger partial charge on any atom is 0.356 e. The second-order valence-corrected chi connectivity index (χ2v) is 3.26. The Morgan fingerprint density at radius 3 is 2.06 bits per heavy atom. The number of carbonyl (C=O) groups excluding carboxylic acids is 1. The quantitative estimate of drug-likeness (QED) is 0.491. The fourth-order valence-electron chi connectivity index (χ4n) is 1.14. The molecule has 7 heteroatoms. The van der Waals surface area contributed by atoms with Crippen molar-refractivity contribution in [1.29, 1.82) is 0 Å². The van der Waals surface area contributed by atoms with Crippen molar-refractivity contribution < 1.29 is 33.6 Å². The third-order valence-electron chi connectivity index (χ3n) is 2.22. The highest BCUT2D eigenvalue weighted by Crippen LogP contribution is 2.21. The molecule has 1 atom stereocenters. The zero-order chi connectivity index (χ0) is 13.5. The molecule has 0 aromatic carbocycles. The standard InChI is InChI=1S/C10H18O7/c1-7(14-2)10(15-3,16-4)17-9(13)6-5-8(11)12/h7H,5-6H2,1-4H3,(H,11,12). The predicted octanol–water partition coefficient (Wildman–Crippen LogP) is 0.376. The number of methoxy groups -OCH3 is 3. The lowest BCUT2D eigenvalue weighted by atomic mass is 10.3. The minimum Gasteiger partial charge on any atom is -0.481 e. The van der Waals surface area contributed by atoms with E-state index in [4.69, 9.17) is 24.1 Å². The van der Waals surface area contributed by atoms with Crippen molar-refractivity contribution in [2.45, 2.75) is 31.8 Å². The number of ether oxygens (including phenoxy) is 4. The van der Waals surface area contributed by atoms with Crippen molar-refractivity contribution in [2.75, 3.05) is 21.3 Å². The van der Waals surface area contributed by atoms with Crippen LogP contribution in [0.25, 0.3) is 0 Å². The SMILES string of the molecule is COC(C)C(OC)(OC)OC(=O)CCC(=O)O. The topological polar surface area (TPSA) is 91.3 Å². The highest BCUT2D eigenvalue weighted by molar-refractivity contribution is 5.76. The normalized spacial score (nSPS) is 13.2. The number of esters is 1. The largest absolute Gasteiger partial charge is 0.481 e. The lowest BCUT2D eigenvalue weighted by molar-refractivity contribution is -0.379. The summed E-state index contributed by atoms with van der Waals surface area (Å²) in [6, 6.07) is 0. The Morgan fingerprint density at radius 2 is 1.71 bits per heavy atom. The van der Waals surface area contributed by atoms with Crippen LogP contribution < -0.4 is 0 Å². The Balaban J connectivity index is 4.53. The van der Waals surface area contributed by atoms with Gasteiger partial charge in [-0.3, -0.25) is 9.59 Å². The Bertz CT molecular complexity index is 259. The van der Waals surface area contributed by atoms with E-state index in [0.29, 0.717) is 0 Å². The van der Waals surface area contributed by atoms with Crippen molar-refractivity contribution in [3.63, 3.8) is 0 Å². The molecule has 0 fully saturated rings. The highest BCUT2D eigenvalue weighted by atomic mass is 16.9. The average molecular weight is 250 g/mol. The summed E-state index contributed by atoms with van der Waals surface area (Å²) in [5.41, 5.74) is 0. The molecule has 0 saturated heterocycles. The molecule has 0 spiro atoms. The molecular weight excluding hydrogens is 232 g/mol. The third kappa shape index (κ3) is 4.68. The Hall–Kier alpha value is -1.18. The molecule has 0 radical (unpaired) electrons. The zero-order valence-corrected chi connectivity index (χ0v) is 10.4. The summed E-state index contributed by atoms with van der Waals surface area (Å²) in [5, 5.41) is 8.44. The van der Waals surface area contributed by atoms with Gasteiger partial charge in [0.25, 0.3) is 0 Å². The molecule has 1 unspecified atom stereocenters. The van der Waals surface area contributed by atoms with E-state index in [1.165, 1.54) is 21.3 Å². The molecule has 0 saturated carbocycles. The average Bonchev–Trinajstić information content (AvgIpc) is 2.32. The number of carboxylic acid groups (broad SMARTS) is 1. The molecule has 17 heavy (non-hydrogen) atoms. The monoisotopic (exact) mass is 250 g/mol.